The average Bonchev–Trinajstić information content (AvgIpc) is 2.76. The molecule has 2 aromatic carbocycles. The smallest absolute Gasteiger partial charge is 0.239 e. The number of sulfone groups is 1. The third-order valence-electron chi connectivity index (χ3n) is 5.30. The van der Waals surface area contributed by atoms with Crippen LogP contribution in [0.3, 0.4) is 0 Å². The maximum absolute atomic E-state index is 14.2. The van der Waals surface area contributed by atoms with E-state index >= 15 is 0 Å². The maximum atomic E-state index is 14.2. The van der Waals surface area contributed by atoms with Crippen molar-refractivity contribution in [3.05, 3.63) is 59.4 Å². The van der Waals surface area contributed by atoms with Crippen LogP contribution in [-0.2, 0) is 25.2 Å². The number of carbonyl (C=O) groups excluding carboxylic acids is 2. The van der Waals surface area contributed by atoms with E-state index in [0.29, 0.717) is 11.1 Å². The third kappa shape index (κ3) is 6.62. The summed E-state index contributed by atoms with van der Waals surface area (Å²) in [6, 6.07) is 11.7. The molecular weight excluding hydrogens is 433 g/mol. The monoisotopic (exact) mass is 457 g/mol. The molecule has 2 aromatic rings. The van der Waals surface area contributed by atoms with Gasteiger partial charge in [0.1, 0.15) is 11.6 Å². The van der Waals surface area contributed by atoms with Crippen molar-refractivity contribution in [2.75, 3.05) is 16.4 Å². The number of hydrogen-bond acceptors (Lipinski definition) is 5. The van der Waals surface area contributed by atoms with Gasteiger partial charge in [-0.2, -0.15) is 5.26 Å². The van der Waals surface area contributed by atoms with Gasteiger partial charge in [0.15, 0.2) is 9.84 Å². The van der Waals surface area contributed by atoms with Crippen LogP contribution in [0.15, 0.2) is 42.5 Å². The lowest BCUT2D eigenvalue weighted by molar-refractivity contribution is -0.120. The Labute approximate surface area is 186 Å². The van der Waals surface area contributed by atoms with Crippen LogP contribution in [0.1, 0.15) is 43.2 Å². The van der Waals surface area contributed by atoms with Crippen LogP contribution in [0.2, 0.25) is 0 Å². The number of halogens is 1. The van der Waals surface area contributed by atoms with Crippen molar-refractivity contribution in [1.82, 2.24) is 0 Å². The average molecular weight is 458 g/mol. The summed E-state index contributed by atoms with van der Waals surface area (Å²) in [5, 5.41) is 13.8. The molecule has 32 heavy (non-hydrogen) atoms. The zero-order valence-electron chi connectivity index (χ0n) is 17.4. The summed E-state index contributed by atoms with van der Waals surface area (Å²) in [4.78, 5) is 24.7. The van der Waals surface area contributed by atoms with E-state index in [-0.39, 0.29) is 29.0 Å². The minimum atomic E-state index is -3.76. The molecule has 0 spiro atoms. The molecule has 2 amide bonds. The summed E-state index contributed by atoms with van der Waals surface area (Å²) in [6.45, 7) is 0. The number of benzene rings is 2. The largest absolute Gasteiger partial charge is 0.325 e. The first-order valence-corrected chi connectivity index (χ1v) is 12.2. The van der Waals surface area contributed by atoms with Gasteiger partial charge in [-0.15, -0.1) is 0 Å². The minimum Gasteiger partial charge on any atom is -0.325 e. The fourth-order valence-electron chi connectivity index (χ4n) is 3.68. The molecule has 1 fully saturated rings. The van der Waals surface area contributed by atoms with E-state index in [1.165, 1.54) is 36.4 Å². The van der Waals surface area contributed by atoms with Gasteiger partial charge >= 0.3 is 0 Å². The van der Waals surface area contributed by atoms with Gasteiger partial charge in [-0.05, 0) is 48.7 Å². The Morgan fingerprint density at radius 1 is 1.03 bits per heavy atom. The van der Waals surface area contributed by atoms with E-state index in [4.69, 9.17) is 5.26 Å². The zero-order chi connectivity index (χ0) is 23.1. The van der Waals surface area contributed by atoms with Gasteiger partial charge < -0.3 is 10.6 Å². The molecule has 7 nitrogen and oxygen atoms in total. The van der Waals surface area contributed by atoms with Crippen molar-refractivity contribution in [3.8, 4) is 6.07 Å². The molecule has 3 rings (SSSR count). The van der Waals surface area contributed by atoms with E-state index < -0.39 is 27.3 Å². The molecule has 0 aromatic heterocycles. The Kier molecular flexibility index (Phi) is 7.59. The molecule has 1 aliphatic rings. The van der Waals surface area contributed by atoms with Crippen molar-refractivity contribution in [2.45, 2.75) is 37.9 Å². The van der Waals surface area contributed by atoms with Crippen LogP contribution in [0.5, 0.6) is 0 Å². The predicted octanol–water partition coefficient (Wildman–Crippen LogP) is 3.77. The van der Waals surface area contributed by atoms with Crippen LogP contribution >= 0.6 is 0 Å². The SMILES string of the molecule is N#Cc1ccc(CS(=O)(=O)CC(=O)Nc2ccc(F)c(NC(=O)C3CCCCC3)c2)cc1. The normalized spacial score (nSPS) is 14.4. The molecule has 0 saturated heterocycles. The second-order valence-electron chi connectivity index (χ2n) is 7.91. The number of rotatable bonds is 7. The highest BCUT2D eigenvalue weighted by molar-refractivity contribution is 7.91. The number of nitrogens with zero attached hydrogens (tertiary/aromatic N) is 1. The van der Waals surface area contributed by atoms with Crippen LogP contribution < -0.4 is 10.6 Å². The molecule has 168 valence electrons. The van der Waals surface area contributed by atoms with E-state index in [1.54, 1.807) is 0 Å². The summed E-state index contributed by atoms with van der Waals surface area (Å²) in [7, 11) is -3.76. The maximum Gasteiger partial charge on any atom is 0.239 e. The van der Waals surface area contributed by atoms with Gasteiger partial charge in [0, 0.05) is 11.6 Å². The number of nitriles is 1. The van der Waals surface area contributed by atoms with Crippen LogP contribution in [-0.4, -0.2) is 26.0 Å². The van der Waals surface area contributed by atoms with Crippen molar-refractivity contribution >= 4 is 33.0 Å². The third-order valence-corrected chi connectivity index (χ3v) is 6.78. The van der Waals surface area contributed by atoms with Gasteiger partial charge in [-0.1, -0.05) is 31.4 Å². The van der Waals surface area contributed by atoms with Gasteiger partial charge in [0.05, 0.1) is 23.1 Å². The lowest BCUT2D eigenvalue weighted by atomic mass is 9.88. The molecule has 0 heterocycles. The highest BCUT2D eigenvalue weighted by Crippen LogP contribution is 2.26. The minimum absolute atomic E-state index is 0.0567. The van der Waals surface area contributed by atoms with Crippen molar-refractivity contribution in [3.63, 3.8) is 0 Å². The molecule has 0 unspecified atom stereocenters. The molecule has 0 aliphatic heterocycles. The van der Waals surface area contributed by atoms with Gasteiger partial charge in [-0.25, -0.2) is 12.8 Å². The quantitative estimate of drug-likeness (QED) is 0.657. The molecule has 0 bridgehead atoms. The fraction of sp³-hybridized carbons (Fsp3) is 0.348. The lowest BCUT2D eigenvalue weighted by Crippen LogP contribution is -2.26. The van der Waals surface area contributed by atoms with E-state index in [2.05, 4.69) is 10.6 Å². The predicted molar refractivity (Wildman–Crippen MR) is 119 cm³/mol. The van der Waals surface area contributed by atoms with Crippen molar-refractivity contribution in [2.24, 2.45) is 5.92 Å². The Morgan fingerprint density at radius 2 is 1.72 bits per heavy atom. The molecule has 0 atom stereocenters. The van der Waals surface area contributed by atoms with Crippen LogP contribution in [0, 0.1) is 23.1 Å². The van der Waals surface area contributed by atoms with Crippen molar-refractivity contribution in [1.29, 1.82) is 5.26 Å². The number of carbonyl (C=O) groups is 2. The lowest BCUT2D eigenvalue weighted by Gasteiger charge is -2.21. The Morgan fingerprint density at radius 3 is 2.38 bits per heavy atom. The highest BCUT2D eigenvalue weighted by Gasteiger charge is 2.22. The first-order valence-electron chi connectivity index (χ1n) is 10.4. The Hall–Kier alpha value is -3.25. The summed E-state index contributed by atoms with van der Waals surface area (Å²) >= 11 is 0. The van der Waals surface area contributed by atoms with E-state index in [0.717, 1.165) is 38.2 Å². The van der Waals surface area contributed by atoms with Crippen LogP contribution in [0.4, 0.5) is 15.8 Å². The number of nitrogens with one attached hydrogen (secondary N) is 2. The van der Waals surface area contributed by atoms with E-state index in [1.807, 2.05) is 6.07 Å². The molecule has 1 saturated carbocycles. The van der Waals surface area contributed by atoms with Gasteiger partial charge in [-0.3, -0.25) is 9.59 Å². The fourth-order valence-corrected chi connectivity index (χ4v) is 4.95. The standard InChI is InChI=1S/C23H24FN3O4S/c24-20-11-10-19(12-21(20)27-23(29)18-4-2-1-3-5-18)26-22(28)15-32(30,31)14-17-8-6-16(13-25)7-9-17/h6-12,18H,1-5,14-15H2,(H,26,28)(H,27,29). The second kappa shape index (κ2) is 10.4. The van der Waals surface area contributed by atoms with Crippen LogP contribution in [0.25, 0.3) is 0 Å². The highest BCUT2D eigenvalue weighted by atomic mass is 32.2. The summed E-state index contributed by atoms with van der Waals surface area (Å²) in [5.74, 6) is -2.92. The number of anilines is 2. The second-order valence-corrected chi connectivity index (χ2v) is 9.97. The summed E-state index contributed by atoms with van der Waals surface area (Å²) in [6.07, 6.45) is 4.55. The molecule has 1 aliphatic carbocycles. The molecule has 2 N–H and O–H groups in total. The number of amides is 2. The van der Waals surface area contributed by atoms with Gasteiger partial charge in [0.25, 0.3) is 0 Å². The Bertz CT molecular complexity index is 1130. The van der Waals surface area contributed by atoms with E-state index in [9.17, 15) is 22.4 Å². The Balaban J connectivity index is 1.60. The van der Waals surface area contributed by atoms with Crippen molar-refractivity contribution < 1.29 is 22.4 Å². The molecular formula is C23H24FN3O4S. The molecule has 9 heteroatoms. The van der Waals surface area contributed by atoms with Gasteiger partial charge in [0.2, 0.25) is 11.8 Å². The topological polar surface area (TPSA) is 116 Å². The molecule has 0 radical (unpaired) electrons. The number of hydrogen-bond donors (Lipinski definition) is 2. The first kappa shape index (κ1) is 23.4. The summed E-state index contributed by atoms with van der Waals surface area (Å²) in [5.41, 5.74) is 1.00. The zero-order valence-corrected chi connectivity index (χ0v) is 18.3. The first-order chi connectivity index (χ1) is 15.3. The summed E-state index contributed by atoms with van der Waals surface area (Å²) < 4.78 is 38.9.